The van der Waals surface area contributed by atoms with Crippen molar-refractivity contribution in [1.82, 2.24) is 4.98 Å². The van der Waals surface area contributed by atoms with E-state index in [9.17, 15) is 0 Å². The zero-order chi connectivity index (χ0) is 13.8. The summed E-state index contributed by atoms with van der Waals surface area (Å²) in [6, 6.07) is 9.26. The number of anilines is 1. The second-order valence-electron chi connectivity index (χ2n) is 4.09. The van der Waals surface area contributed by atoms with Crippen LogP contribution in [0.3, 0.4) is 0 Å². The van der Waals surface area contributed by atoms with E-state index in [0.717, 1.165) is 21.6 Å². The molecule has 1 aromatic heterocycles. The van der Waals surface area contributed by atoms with Crippen molar-refractivity contribution in [1.29, 1.82) is 0 Å². The molecular weight excluding hydrogens is 308 g/mol. The summed E-state index contributed by atoms with van der Waals surface area (Å²) in [6.07, 6.45) is 0. The largest absolute Gasteiger partial charge is 0.497 e. The summed E-state index contributed by atoms with van der Waals surface area (Å²) in [4.78, 5) is 4.40. The van der Waals surface area contributed by atoms with Crippen molar-refractivity contribution in [2.45, 2.75) is 13.5 Å². The summed E-state index contributed by atoms with van der Waals surface area (Å²) in [5.74, 6) is 1.40. The molecule has 2 aromatic rings. The zero-order valence-electron chi connectivity index (χ0n) is 10.8. The van der Waals surface area contributed by atoms with Crippen LogP contribution in [0.4, 0.5) is 5.69 Å². The Kier molecular flexibility index (Phi) is 4.27. The van der Waals surface area contributed by atoms with Gasteiger partial charge in [-0.05, 0) is 35.0 Å². The summed E-state index contributed by atoms with van der Waals surface area (Å²) in [6.45, 7) is 2.25. The van der Waals surface area contributed by atoms with Gasteiger partial charge in [0.2, 0.25) is 0 Å². The summed E-state index contributed by atoms with van der Waals surface area (Å²) < 4.78 is 11.7. The normalized spacial score (nSPS) is 10.3. The van der Waals surface area contributed by atoms with Gasteiger partial charge >= 0.3 is 0 Å². The van der Waals surface area contributed by atoms with E-state index in [-0.39, 0.29) is 0 Å². The van der Waals surface area contributed by atoms with E-state index in [1.54, 1.807) is 13.2 Å². The molecule has 2 rings (SSSR count). The number of ether oxygens (including phenoxy) is 2. The molecule has 0 unspecified atom stereocenters. The number of nitrogens with zero attached hydrogens (tertiary/aromatic N) is 1. The third-order valence-corrected chi connectivity index (χ3v) is 3.20. The van der Waals surface area contributed by atoms with Gasteiger partial charge in [-0.25, -0.2) is 0 Å². The van der Waals surface area contributed by atoms with E-state index in [0.29, 0.717) is 18.0 Å². The highest BCUT2D eigenvalue weighted by atomic mass is 79.9. The van der Waals surface area contributed by atoms with Crippen LogP contribution in [0.25, 0.3) is 0 Å². The molecule has 5 heteroatoms. The molecule has 0 atom stereocenters. The minimum atomic E-state index is 0.338. The molecule has 1 heterocycles. The van der Waals surface area contributed by atoms with Crippen LogP contribution in [0, 0.1) is 6.92 Å². The highest BCUT2D eigenvalue weighted by Crippen LogP contribution is 2.31. The van der Waals surface area contributed by atoms with Gasteiger partial charge in [0.05, 0.1) is 23.0 Å². The Morgan fingerprint density at radius 3 is 2.79 bits per heavy atom. The van der Waals surface area contributed by atoms with E-state index in [4.69, 9.17) is 15.2 Å². The molecule has 0 radical (unpaired) electrons. The lowest BCUT2D eigenvalue weighted by Crippen LogP contribution is -2.02. The topological polar surface area (TPSA) is 57.4 Å². The summed E-state index contributed by atoms with van der Waals surface area (Å²) in [5, 5.41) is 0. The molecular formula is C14H15BrN2O2. The number of benzene rings is 1. The monoisotopic (exact) mass is 322 g/mol. The maximum Gasteiger partial charge on any atom is 0.156 e. The number of aromatic nitrogens is 1. The Labute approximate surface area is 120 Å². The fourth-order valence-electron chi connectivity index (χ4n) is 1.72. The van der Waals surface area contributed by atoms with Crippen LogP contribution in [0.2, 0.25) is 0 Å². The lowest BCUT2D eigenvalue weighted by atomic mass is 10.3. The molecule has 19 heavy (non-hydrogen) atoms. The van der Waals surface area contributed by atoms with E-state index in [1.807, 2.05) is 31.2 Å². The Morgan fingerprint density at radius 2 is 2.11 bits per heavy atom. The van der Waals surface area contributed by atoms with Gasteiger partial charge in [0.15, 0.2) is 5.75 Å². The maximum absolute atomic E-state index is 5.87. The third kappa shape index (κ3) is 3.38. The Bertz CT molecular complexity index is 567. The number of nitrogen functional groups attached to an aromatic ring is 1. The highest BCUT2D eigenvalue weighted by Gasteiger charge is 2.07. The van der Waals surface area contributed by atoms with Crippen molar-refractivity contribution >= 4 is 21.6 Å². The van der Waals surface area contributed by atoms with Crippen LogP contribution in [0.1, 0.15) is 11.4 Å². The molecule has 0 fully saturated rings. The minimum Gasteiger partial charge on any atom is -0.497 e. The van der Waals surface area contributed by atoms with Crippen LogP contribution < -0.4 is 15.2 Å². The van der Waals surface area contributed by atoms with E-state index < -0.39 is 0 Å². The molecule has 0 aliphatic heterocycles. The van der Waals surface area contributed by atoms with Crippen molar-refractivity contribution in [3.8, 4) is 11.5 Å². The van der Waals surface area contributed by atoms with Crippen molar-refractivity contribution in [3.05, 3.63) is 46.2 Å². The molecule has 100 valence electrons. The number of pyridine rings is 1. The SMILES string of the molecule is COc1cc(C)nc(COc2c(N)cccc2Br)c1. The van der Waals surface area contributed by atoms with Gasteiger partial charge in [0.25, 0.3) is 0 Å². The molecule has 0 bridgehead atoms. The van der Waals surface area contributed by atoms with Gasteiger partial charge in [-0.1, -0.05) is 6.07 Å². The van der Waals surface area contributed by atoms with Crippen LogP contribution >= 0.6 is 15.9 Å². The lowest BCUT2D eigenvalue weighted by molar-refractivity contribution is 0.299. The number of halogens is 1. The van der Waals surface area contributed by atoms with Crippen LogP contribution in [0.5, 0.6) is 11.5 Å². The first-order chi connectivity index (χ1) is 9.10. The molecule has 0 amide bonds. The van der Waals surface area contributed by atoms with Crippen LogP contribution in [0.15, 0.2) is 34.8 Å². The minimum absolute atomic E-state index is 0.338. The van der Waals surface area contributed by atoms with Crippen molar-refractivity contribution in [3.63, 3.8) is 0 Å². The van der Waals surface area contributed by atoms with Crippen molar-refractivity contribution in [2.24, 2.45) is 0 Å². The van der Waals surface area contributed by atoms with Gasteiger partial charge in [0, 0.05) is 17.8 Å². The second kappa shape index (κ2) is 5.93. The molecule has 2 N–H and O–H groups in total. The fraction of sp³-hybridized carbons (Fsp3) is 0.214. The van der Waals surface area contributed by atoms with E-state index in [1.165, 1.54) is 0 Å². The predicted molar refractivity (Wildman–Crippen MR) is 78.4 cm³/mol. The highest BCUT2D eigenvalue weighted by molar-refractivity contribution is 9.10. The number of nitrogens with two attached hydrogens (primary N) is 1. The van der Waals surface area contributed by atoms with Crippen molar-refractivity contribution < 1.29 is 9.47 Å². The van der Waals surface area contributed by atoms with Gasteiger partial charge in [-0.2, -0.15) is 0 Å². The smallest absolute Gasteiger partial charge is 0.156 e. The van der Waals surface area contributed by atoms with E-state index in [2.05, 4.69) is 20.9 Å². The summed E-state index contributed by atoms with van der Waals surface area (Å²) >= 11 is 3.41. The number of para-hydroxylation sites is 1. The van der Waals surface area contributed by atoms with Gasteiger partial charge in [-0.3, -0.25) is 4.98 Å². The Balaban J connectivity index is 2.16. The molecule has 4 nitrogen and oxygen atoms in total. The first-order valence-electron chi connectivity index (χ1n) is 5.78. The van der Waals surface area contributed by atoms with Gasteiger partial charge in [0.1, 0.15) is 12.4 Å². The van der Waals surface area contributed by atoms with Crippen LogP contribution in [-0.4, -0.2) is 12.1 Å². The lowest BCUT2D eigenvalue weighted by Gasteiger charge is -2.11. The predicted octanol–water partition coefficient (Wildman–Crippen LogP) is 3.32. The Hall–Kier alpha value is -1.75. The first kappa shape index (κ1) is 13.7. The van der Waals surface area contributed by atoms with Gasteiger partial charge < -0.3 is 15.2 Å². The molecule has 0 saturated heterocycles. The number of aryl methyl sites for hydroxylation is 1. The quantitative estimate of drug-likeness (QED) is 0.877. The summed E-state index contributed by atoms with van der Waals surface area (Å²) in [7, 11) is 1.63. The molecule has 0 aliphatic rings. The second-order valence-corrected chi connectivity index (χ2v) is 4.94. The average Bonchev–Trinajstić information content (AvgIpc) is 2.37. The van der Waals surface area contributed by atoms with E-state index >= 15 is 0 Å². The molecule has 1 aromatic carbocycles. The first-order valence-corrected chi connectivity index (χ1v) is 6.58. The number of hydrogen-bond donors (Lipinski definition) is 1. The van der Waals surface area contributed by atoms with Crippen LogP contribution in [-0.2, 0) is 6.61 Å². The number of methoxy groups -OCH3 is 1. The number of hydrogen-bond acceptors (Lipinski definition) is 4. The standard InChI is InChI=1S/C14H15BrN2O2/c1-9-6-11(18-2)7-10(17-9)8-19-14-12(15)4-3-5-13(14)16/h3-7H,8,16H2,1-2H3. The Morgan fingerprint density at radius 1 is 1.32 bits per heavy atom. The average molecular weight is 323 g/mol. The fourth-order valence-corrected chi connectivity index (χ4v) is 2.21. The summed E-state index contributed by atoms with van der Waals surface area (Å²) in [5.41, 5.74) is 8.15. The zero-order valence-corrected chi connectivity index (χ0v) is 12.4. The van der Waals surface area contributed by atoms with Gasteiger partial charge in [-0.15, -0.1) is 0 Å². The molecule has 0 spiro atoms. The molecule has 0 aliphatic carbocycles. The molecule has 0 saturated carbocycles. The number of rotatable bonds is 4. The third-order valence-electron chi connectivity index (χ3n) is 2.58. The maximum atomic E-state index is 5.87. The van der Waals surface area contributed by atoms with Crippen molar-refractivity contribution in [2.75, 3.05) is 12.8 Å².